The number of nitrogens with zero attached hydrogens (tertiary/aromatic N) is 2. The zero-order valence-electron chi connectivity index (χ0n) is 8.37. The van der Waals surface area contributed by atoms with E-state index in [1.165, 1.54) is 0 Å². The van der Waals surface area contributed by atoms with Gasteiger partial charge >= 0.3 is 0 Å². The van der Waals surface area contributed by atoms with E-state index in [1.54, 1.807) is 13.8 Å². The Kier molecular flexibility index (Phi) is 4.10. The molecule has 1 aromatic rings. The molecule has 0 bridgehead atoms. The average molecular weight is 233 g/mol. The van der Waals surface area contributed by atoms with Crippen molar-refractivity contribution in [3.63, 3.8) is 0 Å². The molecule has 1 rings (SSSR count). The highest BCUT2D eigenvalue weighted by Gasteiger charge is 2.21. The molecular formula is C7H13ClN6O. The number of halogens is 1. The molecule has 8 heteroatoms. The highest BCUT2D eigenvalue weighted by molar-refractivity contribution is 6.14. The third-order valence-electron chi connectivity index (χ3n) is 1.70. The van der Waals surface area contributed by atoms with E-state index in [-0.39, 0.29) is 24.3 Å². The van der Waals surface area contributed by atoms with Crippen molar-refractivity contribution in [2.75, 3.05) is 4.90 Å². The molecule has 0 spiro atoms. The molecule has 0 aromatic carbocycles. The lowest BCUT2D eigenvalue weighted by atomic mass is 10.3. The van der Waals surface area contributed by atoms with Crippen LogP contribution in [0.4, 0.5) is 5.69 Å². The summed E-state index contributed by atoms with van der Waals surface area (Å²) in [5.74, 6) is -0.216. The zero-order chi connectivity index (χ0) is 10.9. The summed E-state index contributed by atoms with van der Waals surface area (Å²) >= 11 is 0. The Bertz CT molecular complexity index is 353. The number of rotatable bonds is 1. The molecule has 7 nitrogen and oxygen atoms in total. The number of guanidine groups is 2. The number of nitrogens with one attached hydrogen (secondary N) is 2. The number of hydrogen-bond donors (Lipinski definition) is 4. The van der Waals surface area contributed by atoms with E-state index in [0.29, 0.717) is 17.1 Å². The van der Waals surface area contributed by atoms with Crippen LogP contribution in [0.3, 0.4) is 0 Å². The summed E-state index contributed by atoms with van der Waals surface area (Å²) in [6.07, 6.45) is 0. The minimum Gasteiger partial charge on any atom is -0.369 e. The third-order valence-corrected chi connectivity index (χ3v) is 1.70. The van der Waals surface area contributed by atoms with Crippen LogP contribution in [0.2, 0.25) is 0 Å². The van der Waals surface area contributed by atoms with E-state index in [4.69, 9.17) is 26.8 Å². The fourth-order valence-electron chi connectivity index (χ4n) is 1.17. The molecule has 1 heterocycles. The molecule has 0 aliphatic rings. The average Bonchev–Trinajstić information content (AvgIpc) is 2.34. The maximum atomic E-state index is 7.26. The number of hydrogen-bond acceptors (Lipinski definition) is 4. The molecule has 1 aromatic heterocycles. The molecule has 15 heavy (non-hydrogen) atoms. The van der Waals surface area contributed by atoms with Crippen molar-refractivity contribution in [3.05, 3.63) is 11.5 Å². The molecule has 84 valence electrons. The molecule has 0 saturated carbocycles. The highest BCUT2D eigenvalue weighted by atomic mass is 35.5. The largest absolute Gasteiger partial charge is 0.369 e. The van der Waals surface area contributed by atoms with E-state index in [1.807, 2.05) is 0 Å². The van der Waals surface area contributed by atoms with Crippen LogP contribution in [-0.2, 0) is 0 Å². The number of nitrogens with two attached hydrogens (primary N) is 2. The van der Waals surface area contributed by atoms with Crippen LogP contribution >= 0.6 is 12.4 Å². The van der Waals surface area contributed by atoms with Crippen LogP contribution in [0.5, 0.6) is 0 Å². The van der Waals surface area contributed by atoms with Gasteiger partial charge in [-0.05, 0) is 13.8 Å². The van der Waals surface area contributed by atoms with E-state index < -0.39 is 0 Å². The maximum absolute atomic E-state index is 7.26. The second-order valence-electron chi connectivity index (χ2n) is 2.78. The van der Waals surface area contributed by atoms with Crippen LogP contribution in [0.1, 0.15) is 11.5 Å². The third kappa shape index (κ3) is 2.38. The molecule has 0 saturated heterocycles. The van der Waals surface area contributed by atoms with Gasteiger partial charge in [0.05, 0.1) is 0 Å². The minimum atomic E-state index is -0.341. The Labute approximate surface area is 92.8 Å². The Morgan fingerprint density at radius 1 is 1.27 bits per heavy atom. The van der Waals surface area contributed by atoms with Crippen molar-refractivity contribution in [1.29, 1.82) is 10.8 Å². The zero-order valence-corrected chi connectivity index (χ0v) is 9.18. The smallest absolute Gasteiger partial charge is 0.200 e. The first-order valence-electron chi connectivity index (χ1n) is 3.86. The van der Waals surface area contributed by atoms with Gasteiger partial charge in [0.25, 0.3) is 0 Å². The van der Waals surface area contributed by atoms with Crippen LogP contribution in [-0.4, -0.2) is 17.1 Å². The lowest BCUT2D eigenvalue weighted by molar-refractivity contribution is 0.393. The lowest BCUT2D eigenvalue weighted by Gasteiger charge is -2.19. The topological polar surface area (TPSA) is 129 Å². The summed E-state index contributed by atoms with van der Waals surface area (Å²) in [6.45, 7) is 3.35. The Balaban J connectivity index is 0.00000196. The summed E-state index contributed by atoms with van der Waals surface area (Å²) in [4.78, 5) is 1.06. The number of aromatic nitrogens is 1. The second-order valence-corrected chi connectivity index (χ2v) is 2.78. The fraction of sp³-hybridized carbons (Fsp3) is 0.286. The Morgan fingerprint density at radius 3 is 2.00 bits per heavy atom. The monoisotopic (exact) mass is 232 g/mol. The van der Waals surface area contributed by atoms with Gasteiger partial charge < -0.3 is 16.0 Å². The second kappa shape index (κ2) is 4.65. The van der Waals surface area contributed by atoms with Gasteiger partial charge in [-0.25, -0.2) is 4.90 Å². The van der Waals surface area contributed by atoms with Gasteiger partial charge in [-0.3, -0.25) is 10.8 Å². The van der Waals surface area contributed by atoms with E-state index in [0.717, 1.165) is 4.90 Å². The maximum Gasteiger partial charge on any atom is 0.200 e. The van der Waals surface area contributed by atoms with Crippen molar-refractivity contribution >= 4 is 30.0 Å². The van der Waals surface area contributed by atoms with Gasteiger partial charge in [-0.15, -0.1) is 12.4 Å². The predicted molar refractivity (Wildman–Crippen MR) is 59.5 cm³/mol. The van der Waals surface area contributed by atoms with Crippen molar-refractivity contribution < 1.29 is 4.52 Å². The van der Waals surface area contributed by atoms with Gasteiger partial charge in [0, 0.05) is 0 Å². The quantitative estimate of drug-likeness (QED) is 0.409. The van der Waals surface area contributed by atoms with Crippen LogP contribution in [0.15, 0.2) is 4.52 Å². The molecule has 0 aliphatic carbocycles. The minimum absolute atomic E-state index is 0. The van der Waals surface area contributed by atoms with Crippen LogP contribution < -0.4 is 16.4 Å². The van der Waals surface area contributed by atoms with Crippen molar-refractivity contribution in [2.24, 2.45) is 11.5 Å². The first kappa shape index (κ1) is 13.2. The van der Waals surface area contributed by atoms with Crippen molar-refractivity contribution in [3.8, 4) is 0 Å². The van der Waals surface area contributed by atoms with Gasteiger partial charge in [0.15, 0.2) is 17.7 Å². The predicted octanol–water partition coefficient (Wildman–Crippen LogP) is 0.307. The molecule has 0 radical (unpaired) electrons. The summed E-state index contributed by atoms with van der Waals surface area (Å²) in [5, 5.41) is 18.2. The number of aryl methyl sites for hydroxylation is 2. The Hall–Kier alpha value is -1.76. The SMILES string of the molecule is Cc1noc(C)c1N(C(=N)N)C(=N)N.Cl. The van der Waals surface area contributed by atoms with E-state index in [9.17, 15) is 0 Å². The molecular weight excluding hydrogens is 220 g/mol. The summed E-state index contributed by atoms with van der Waals surface area (Å²) in [6, 6.07) is 0. The molecule has 0 atom stereocenters. The van der Waals surface area contributed by atoms with Gasteiger partial charge in [-0.2, -0.15) is 0 Å². The van der Waals surface area contributed by atoms with Gasteiger partial charge in [0.2, 0.25) is 0 Å². The Morgan fingerprint density at radius 2 is 1.73 bits per heavy atom. The first-order chi connectivity index (χ1) is 6.45. The summed E-state index contributed by atoms with van der Waals surface area (Å²) in [7, 11) is 0. The van der Waals surface area contributed by atoms with E-state index >= 15 is 0 Å². The van der Waals surface area contributed by atoms with Crippen molar-refractivity contribution in [2.45, 2.75) is 13.8 Å². The van der Waals surface area contributed by atoms with Crippen molar-refractivity contribution in [1.82, 2.24) is 5.16 Å². The molecule has 6 N–H and O–H groups in total. The van der Waals surface area contributed by atoms with Crippen LogP contribution in [0.25, 0.3) is 0 Å². The highest BCUT2D eigenvalue weighted by Crippen LogP contribution is 2.23. The molecule has 0 amide bonds. The fourth-order valence-corrected chi connectivity index (χ4v) is 1.17. The van der Waals surface area contributed by atoms with E-state index in [2.05, 4.69) is 5.16 Å². The lowest BCUT2D eigenvalue weighted by Crippen LogP contribution is -2.45. The number of anilines is 1. The molecule has 0 fully saturated rings. The summed E-state index contributed by atoms with van der Waals surface area (Å²) in [5.41, 5.74) is 11.6. The summed E-state index contributed by atoms with van der Waals surface area (Å²) < 4.78 is 4.88. The molecule has 0 unspecified atom stereocenters. The van der Waals surface area contributed by atoms with Crippen LogP contribution in [0, 0.1) is 24.7 Å². The normalized spacial score (nSPS) is 9.20. The van der Waals surface area contributed by atoms with Gasteiger partial charge in [0.1, 0.15) is 11.4 Å². The standard InChI is InChI=1S/C7H12N6O.ClH/c1-3-5(4(2)14-12-3)13(6(8)9)7(10)11;/h1-2H3,(H3,8,9)(H3,10,11);1H. The van der Waals surface area contributed by atoms with Gasteiger partial charge in [-0.1, -0.05) is 5.16 Å². The molecule has 0 aliphatic heterocycles. The first-order valence-corrected chi connectivity index (χ1v) is 3.86.